The molecule has 0 amide bonds. The summed E-state index contributed by atoms with van der Waals surface area (Å²) >= 11 is 0. The molecule has 1 unspecified atom stereocenters. The molecule has 19 heavy (non-hydrogen) atoms. The van der Waals surface area contributed by atoms with Crippen LogP contribution in [0.1, 0.15) is 63.5 Å². The van der Waals surface area contributed by atoms with Crippen molar-refractivity contribution in [3.63, 3.8) is 0 Å². The molecule has 0 aromatic carbocycles. The van der Waals surface area contributed by atoms with Gasteiger partial charge in [-0.05, 0) is 24.7 Å². The van der Waals surface area contributed by atoms with Gasteiger partial charge in [0.2, 0.25) is 0 Å². The molecule has 0 spiro atoms. The zero-order chi connectivity index (χ0) is 13.5. The van der Waals surface area contributed by atoms with Gasteiger partial charge in [0.25, 0.3) is 0 Å². The lowest BCUT2D eigenvalue weighted by atomic mass is 9.76. The van der Waals surface area contributed by atoms with Gasteiger partial charge in [-0.15, -0.1) is 0 Å². The number of hydrogen-bond acceptors (Lipinski definition) is 4. The Balaban J connectivity index is 1.89. The van der Waals surface area contributed by atoms with Crippen LogP contribution in [0.25, 0.3) is 0 Å². The third-order valence-electron chi connectivity index (χ3n) is 4.45. The highest BCUT2D eigenvalue weighted by molar-refractivity contribution is 5.10. The molecule has 1 aromatic heterocycles. The first-order chi connectivity index (χ1) is 9.35. The van der Waals surface area contributed by atoms with Crippen LogP contribution in [0, 0.1) is 11.8 Å². The predicted octanol–water partition coefficient (Wildman–Crippen LogP) is 2.98. The molecule has 1 saturated carbocycles. The summed E-state index contributed by atoms with van der Waals surface area (Å²) in [7, 11) is 0. The minimum Gasteiger partial charge on any atom is -0.271 e. The monoisotopic (exact) mass is 262 g/mol. The Hall–Kier alpha value is -1.00. The van der Waals surface area contributed by atoms with Crippen molar-refractivity contribution in [1.29, 1.82) is 0 Å². The molecule has 1 aliphatic rings. The average Bonchev–Trinajstić information content (AvgIpc) is 2.48. The van der Waals surface area contributed by atoms with Gasteiger partial charge in [-0.2, -0.15) is 0 Å². The number of nitrogens with two attached hydrogens (primary N) is 1. The molecule has 1 atom stereocenters. The van der Waals surface area contributed by atoms with Crippen molar-refractivity contribution in [2.45, 2.75) is 57.9 Å². The lowest BCUT2D eigenvalue weighted by molar-refractivity contribution is 0.213. The molecular formula is C15H26N4. The number of nitrogens with zero attached hydrogens (tertiary/aromatic N) is 2. The molecule has 106 valence electrons. The zero-order valence-electron chi connectivity index (χ0n) is 11.9. The molecule has 0 bridgehead atoms. The number of unbranched alkanes of at least 4 members (excludes halogenated alkanes) is 1. The van der Waals surface area contributed by atoms with Gasteiger partial charge < -0.3 is 0 Å². The van der Waals surface area contributed by atoms with E-state index >= 15 is 0 Å². The molecule has 4 heteroatoms. The summed E-state index contributed by atoms with van der Waals surface area (Å²) in [6, 6.07) is 0.202. The second-order valence-corrected chi connectivity index (χ2v) is 5.74. The third kappa shape index (κ3) is 3.98. The minimum absolute atomic E-state index is 0.202. The van der Waals surface area contributed by atoms with Crippen LogP contribution in [-0.2, 0) is 0 Å². The fraction of sp³-hybridized carbons (Fsp3) is 0.733. The molecule has 4 nitrogen and oxygen atoms in total. The summed E-state index contributed by atoms with van der Waals surface area (Å²) in [4.78, 5) is 8.19. The molecule has 1 fully saturated rings. The van der Waals surface area contributed by atoms with Crippen LogP contribution in [0.15, 0.2) is 18.7 Å². The van der Waals surface area contributed by atoms with E-state index in [0.29, 0.717) is 5.92 Å². The van der Waals surface area contributed by atoms with E-state index in [1.165, 1.54) is 44.9 Å². The van der Waals surface area contributed by atoms with Crippen LogP contribution < -0.4 is 11.3 Å². The normalized spacial score (nSPS) is 25.2. The SMILES string of the molecule is CCCCC1CCC(C(NN)c2cncnc2)CC1. The van der Waals surface area contributed by atoms with E-state index in [2.05, 4.69) is 22.3 Å². The number of nitrogens with one attached hydrogen (secondary N) is 1. The van der Waals surface area contributed by atoms with E-state index in [1.807, 2.05) is 12.4 Å². The summed E-state index contributed by atoms with van der Waals surface area (Å²) in [6.45, 7) is 2.27. The van der Waals surface area contributed by atoms with E-state index in [0.717, 1.165) is 11.5 Å². The van der Waals surface area contributed by atoms with Crippen molar-refractivity contribution >= 4 is 0 Å². The Morgan fingerprint density at radius 2 is 1.95 bits per heavy atom. The fourth-order valence-corrected chi connectivity index (χ4v) is 3.28. The average molecular weight is 262 g/mol. The second-order valence-electron chi connectivity index (χ2n) is 5.74. The summed E-state index contributed by atoms with van der Waals surface area (Å²) in [5.41, 5.74) is 4.08. The maximum absolute atomic E-state index is 5.74. The Kier molecular flexibility index (Phi) is 5.73. The Morgan fingerprint density at radius 1 is 1.26 bits per heavy atom. The van der Waals surface area contributed by atoms with Gasteiger partial charge >= 0.3 is 0 Å². The van der Waals surface area contributed by atoms with Crippen molar-refractivity contribution in [1.82, 2.24) is 15.4 Å². The maximum Gasteiger partial charge on any atom is 0.115 e. The highest BCUT2D eigenvalue weighted by Gasteiger charge is 2.28. The predicted molar refractivity (Wildman–Crippen MR) is 77.1 cm³/mol. The first-order valence-electron chi connectivity index (χ1n) is 7.56. The van der Waals surface area contributed by atoms with Crippen LogP contribution in [0.3, 0.4) is 0 Å². The van der Waals surface area contributed by atoms with E-state index in [4.69, 9.17) is 5.84 Å². The van der Waals surface area contributed by atoms with Crippen LogP contribution in [0.4, 0.5) is 0 Å². The number of hydrogen-bond donors (Lipinski definition) is 2. The smallest absolute Gasteiger partial charge is 0.115 e. The van der Waals surface area contributed by atoms with Gasteiger partial charge in [0.05, 0.1) is 6.04 Å². The third-order valence-corrected chi connectivity index (χ3v) is 4.45. The first-order valence-corrected chi connectivity index (χ1v) is 7.56. The van der Waals surface area contributed by atoms with Crippen LogP contribution in [0.5, 0.6) is 0 Å². The number of rotatable bonds is 6. The van der Waals surface area contributed by atoms with Gasteiger partial charge in [0.15, 0.2) is 0 Å². The molecule has 1 aromatic rings. The van der Waals surface area contributed by atoms with Gasteiger partial charge in [-0.1, -0.05) is 39.0 Å². The largest absolute Gasteiger partial charge is 0.271 e. The maximum atomic E-state index is 5.74. The molecule has 1 heterocycles. The summed E-state index contributed by atoms with van der Waals surface area (Å²) in [5, 5.41) is 0. The van der Waals surface area contributed by atoms with Crippen molar-refractivity contribution in [2.24, 2.45) is 17.7 Å². The first kappa shape index (κ1) is 14.4. The second kappa shape index (κ2) is 7.56. The van der Waals surface area contributed by atoms with Gasteiger partial charge in [-0.25, -0.2) is 9.97 Å². The summed E-state index contributed by atoms with van der Waals surface area (Å²) in [5.74, 6) is 7.30. The lowest BCUT2D eigenvalue weighted by Crippen LogP contribution is -2.35. The highest BCUT2D eigenvalue weighted by Crippen LogP contribution is 2.37. The molecule has 0 radical (unpaired) electrons. The highest BCUT2D eigenvalue weighted by atomic mass is 15.2. The van der Waals surface area contributed by atoms with Gasteiger partial charge in [0.1, 0.15) is 6.33 Å². The van der Waals surface area contributed by atoms with Gasteiger partial charge in [0, 0.05) is 18.0 Å². The lowest BCUT2D eigenvalue weighted by Gasteiger charge is -2.33. The Bertz CT molecular complexity index is 346. The molecule has 3 N–H and O–H groups in total. The molecule has 1 aliphatic carbocycles. The quantitative estimate of drug-likeness (QED) is 0.611. The fourth-order valence-electron chi connectivity index (χ4n) is 3.28. The molecule has 2 rings (SSSR count). The standard InChI is InChI=1S/C15H26N4/c1-2-3-4-12-5-7-13(8-6-12)15(19-16)14-9-17-11-18-10-14/h9-13,15,19H,2-8,16H2,1H3. The van der Waals surface area contributed by atoms with Crippen molar-refractivity contribution in [3.05, 3.63) is 24.3 Å². The van der Waals surface area contributed by atoms with Crippen LogP contribution in [0.2, 0.25) is 0 Å². The number of aromatic nitrogens is 2. The zero-order valence-corrected chi connectivity index (χ0v) is 11.9. The minimum atomic E-state index is 0.202. The molecule has 0 aliphatic heterocycles. The summed E-state index contributed by atoms with van der Waals surface area (Å²) < 4.78 is 0. The van der Waals surface area contributed by atoms with Crippen molar-refractivity contribution < 1.29 is 0 Å². The van der Waals surface area contributed by atoms with Crippen LogP contribution >= 0.6 is 0 Å². The topological polar surface area (TPSA) is 63.8 Å². The van der Waals surface area contributed by atoms with E-state index < -0.39 is 0 Å². The molecule has 0 saturated heterocycles. The van der Waals surface area contributed by atoms with E-state index in [9.17, 15) is 0 Å². The van der Waals surface area contributed by atoms with Gasteiger partial charge in [-0.3, -0.25) is 11.3 Å². The van der Waals surface area contributed by atoms with E-state index in [1.54, 1.807) is 6.33 Å². The van der Waals surface area contributed by atoms with Crippen molar-refractivity contribution in [3.8, 4) is 0 Å². The molecular weight excluding hydrogens is 236 g/mol. The summed E-state index contributed by atoms with van der Waals surface area (Å²) in [6.07, 6.45) is 14.6. The number of hydrazine groups is 1. The van der Waals surface area contributed by atoms with Crippen LogP contribution in [-0.4, -0.2) is 9.97 Å². The Morgan fingerprint density at radius 3 is 2.53 bits per heavy atom. The Labute approximate surface area is 116 Å². The van der Waals surface area contributed by atoms with Crippen molar-refractivity contribution in [2.75, 3.05) is 0 Å². The van der Waals surface area contributed by atoms with E-state index in [-0.39, 0.29) is 6.04 Å².